The zero-order valence-electron chi connectivity index (χ0n) is 22.9. The number of hydrogen-bond donors (Lipinski definition) is 0. The van der Waals surface area contributed by atoms with Crippen molar-refractivity contribution in [1.82, 2.24) is 0 Å². The minimum atomic E-state index is -1.44. The average molecular weight is 620 g/mol. The lowest BCUT2D eigenvalue weighted by molar-refractivity contribution is 0.594. The van der Waals surface area contributed by atoms with E-state index in [0.717, 1.165) is 6.07 Å². The van der Waals surface area contributed by atoms with E-state index < -0.39 is 118 Å². The molecule has 0 N–H and O–H groups in total. The molecule has 0 amide bonds. The Morgan fingerprint density at radius 1 is 0.426 bits per heavy atom. The van der Waals surface area contributed by atoms with Crippen molar-refractivity contribution in [2.75, 3.05) is 0 Å². The summed E-state index contributed by atoms with van der Waals surface area (Å²) in [7, 11) is 0. The molecule has 0 saturated carbocycles. The molecule has 0 atom stereocenters. The number of hydrogen-bond acceptors (Lipinski definition) is 8. The highest BCUT2D eigenvalue weighted by Gasteiger charge is 2.42. The van der Waals surface area contributed by atoms with E-state index in [1.807, 2.05) is 0 Å². The van der Waals surface area contributed by atoms with E-state index in [9.17, 15) is 40.4 Å². The predicted octanol–water partition coefficient (Wildman–Crippen LogP) is 6.62. The molecule has 8 nitrogen and oxygen atoms in total. The molecule has 2 aliphatic carbocycles. The van der Waals surface area contributed by atoms with Crippen LogP contribution in [-0.2, 0) is 0 Å². The zero-order chi connectivity index (χ0) is 34.3. The van der Waals surface area contributed by atoms with Crippen LogP contribution in [0, 0.1) is 120 Å². The Labute approximate surface area is 261 Å². The smallest absolute Gasteiger partial charge is 0.141 e. The number of benzene rings is 3. The van der Waals surface area contributed by atoms with E-state index in [1.54, 1.807) is 24.3 Å². The van der Waals surface area contributed by atoms with E-state index in [0.29, 0.717) is 24.3 Å². The lowest BCUT2D eigenvalue weighted by Gasteiger charge is -2.13. The van der Waals surface area contributed by atoms with Gasteiger partial charge in [-0.25, -0.2) is 22.0 Å². The first-order chi connectivity index (χ1) is 22.6. The van der Waals surface area contributed by atoms with Gasteiger partial charge in [0.15, 0.2) is 0 Å². The Hall–Kier alpha value is -7.81. The third-order valence-corrected chi connectivity index (χ3v) is 7.37. The molecule has 2 aliphatic rings. The summed E-state index contributed by atoms with van der Waals surface area (Å²) >= 11 is 0. The topological polar surface area (TPSA) is 190 Å². The fourth-order valence-corrected chi connectivity index (χ4v) is 5.50. The second kappa shape index (κ2) is 11.4. The van der Waals surface area contributed by atoms with Gasteiger partial charge in [-0.05, 0) is 35.9 Å². The minimum absolute atomic E-state index is 0.439. The Morgan fingerprint density at radius 2 is 0.872 bits per heavy atom. The molecule has 0 spiro atoms. The maximum absolute atomic E-state index is 16.9. The standard InChI is InChI=1S/C34H5F5N8/c35-24-4-19(26(37)1-14(24)6-40)30-22(12-46)18-3-21-28(16(8-42)9-43)31(20-5-25(36)15(7-41)2-27(20)38)23(13-47)32(21)34(39)33(18)29(30)17(10-44)11-45/h1-5H. The quantitative estimate of drug-likeness (QED) is 0.225. The maximum atomic E-state index is 16.9. The largest absolute Gasteiger partial charge is 0.206 e. The molecule has 0 heterocycles. The number of nitriles is 8. The van der Waals surface area contributed by atoms with Gasteiger partial charge < -0.3 is 0 Å². The number of halogens is 5. The number of allylic oxidation sites excluding steroid dienone is 8. The maximum Gasteiger partial charge on any atom is 0.141 e. The molecule has 3 aromatic carbocycles. The number of fused-ring (bicyclic) bond motifs is 2. The Kier molecular flexibility index (Phi) is 7.41. The lowest BCUT2D eigenvalue weighted by atomic mass is 9.89. The Balaban J connectivity index is 2.00. The predicted molar refractivity (Wildman–Crippen MR) is 150 cm³/mol. The molecule has 0 aliphatic heterocycles. The van der Waals surface area contributed by atoms with Gasteiger partial charge in [-0.3, -0.25) is 0 Å². The first-order valence-electron chi connectivity index (χ1n) is 12.6. The van der Waals surface area contributed by atoms with Gasteiger partial charge in [0.05, 0.1) is 22.3 Å². The van der Waals surface area contributed by atoms with Crippen molar-refractivity contribution < 1.29 is 22.0 Å². The Bertz CT molecular complexity index is 2520. The fourth-order valence-electron chi connectivity index (χ4n) is 5.50. The molecule has 3 aromatic rings. The van der Waals surface area contributed by atoms with Gasteiger partial charge in [-0.15, -0.1) is 0 Å². The Morgan fingerprint density at radius 3 is 1.30 bits per heavy atom. The van der Waals surface area contributed by atoms with Crippen molar-refractivity contribution in [2.45, 2.75) is 0 Å². The molecule has 0 fully saturated rings. The lowest BCUT2D eigenvalue weighted by Crippen LogP contribution is -2.01. The summed E-state index contributed by atoms with van der Waals surface area (Å²) in [5.74, 6) is -6.52. The molecule has 47 heavy (non-hydrogen) atoms. The van der Waals surface area contributed by atoms with Crippen molar-refractivity contribution in [3.05, 3.63) is 115 Å². The average Bonchev–Trinajstić information content (AvgIpc) is 3.57. The summed E-state index contributed by atoms with van der Waals surface area (Å²) in [6.07, 6.45) is 0. The highest BCUT2D eigenvalue weighted by molar-refractivity contribution is 6.30. The second-order valence-corrected chi connectivity index (χ2v) is 9.55. The van der Waals surface area contributed by atoms with Crippen LogP contribution in [0.3, 0.4) is 0 Å². The molecule has 0 saturated heterocycles. The number of rotatable bonds is 2. The molecular weight excluding hydrogens is 615 g/mol. The van der Waals surface area contributed by atoms with Crippen LogP contribution in [0.15, 0.2) is 41.5 Å². The summed E-state index contributed by atoms with van der Waals surface area (Å²) < 4.78 is 77.1. The van der Waals surface area contributed by atoms with Gasteiger partial charge in [0, 0.05) is 50.1 Å². The van der Waals surface area contributed by atoms with Gasteiger partial charge in [0.25, 0.3) is 0 Å². The molecule has 13 heteroatoms. The molecule has 0 aromatic heterocycles. The molecule has 0 bridgehead atoms. The first-order valence-corrected chi connectivity index (χ1v) is 12.6. The summed E-state index contributed by atoms with van der Waals surface area (Å²) in [5, 5.41) is 77.8. The second-order valence-electron chi connectivity index (χ2n) is 9.55. The van der Waals surface area contributed by atoms with E-state index in [4.69, 9.17) is 10.5 Å². The molecule has 0 unspecified atom stereocenters. The van der Waals surface area contributed by atoms with Gasteiger partial charge in [-0.1, -0.05) is 0 Å². The van der Waals surface area contributed by atoms with Gasteiger partial charge in [-0.2, -0.15) is 42.1 Å². The van der Waals surface area contributed by atoms with Crippen LogP contribution in [0.5, 0.6) is 0 Å². The van der Waals surface area contributed by atoms with Crippen LogP contribution in [0.1, 0.15) is 44.5 Å². The molecule has 0 radical (unpaired) electrons. The van der Waals surface area contributed by atoms with Crippen molar-refractivity contribution in [3.63, 3.8) is 0 Å². The van der Waals surface area contributed by atoms with E-state index in [1.165, 1.54) is 24.3 Å². The van der Waals surface area contributed by atoms with Gasteiger partial charge >= 0.3 is 0 Å². The van der Waals surface area contributed by atoms with E-state index in [-0.39, 0.29) is 0 Å². The molecular formula is C34H5F5N8. The zero-order valence-corrected chi connectivity index (χ0v) is 22.9. The third-order valence-electron chi connectivity index (χ3n) is 7.37. The highest BCUT2D eigenvalue weighted by atomic mass is 19.1. The van der Waals surface area contributed by atoms with Crippen molar-refractivity contribution in [1.29, 1.82) is 42.1 Å². The van der Waals surface area contributed by atoms with Crippen LogP contribution < -0.4 is 0 Å². The van der Waals surface area contributed by atoms with Gasteiger partial charge in [0.1, 0.15) is 88.8 Å². The van der Waals surface area contributed by atoms with Crippen molar-refractivity contribution in [3.8, 4) is 48.6 Å². The first kappa shape index (κ1) is 30.6. The minimum Gasteiger partial charge on any atom is -0.206 e. The van der Waals surface area contributed by atoms with Crippen LogP contribution >= 0.6 is 0 Å². The van der Waals surface area contributed by atoms with E-state index >= 15 is 13.2 Å². The van der Waals surface area contributed by atoms with E-state index in [2.05, 4.69) is 0 Å². The summed E-state index contributed by atoms with van der Waals surface area (Å²) in [5.41, 5.74) is -10.7. The molecule has 5 rings (SSSR count). The monoisotopic (exact) mass is 620 g/mol. The van der Waals surface area contributed by atoms with Crippen LogP contribution in [0.4, 0.5) is 22.0 Å². The van der Waals surface area contributed by atoms with Crippen LogP contribution in [-0.4, -0.2) is 0 Å². The number of nitrogens with zero attached hydrogens (tertiary/aromatic N) is 8. The van der Waals surface area contributed by atoms with Crippen molar-refractivity contribution >= 4 is 33.4 Å². The van der Waals surface area contributed by atoms with Crippen molar-refractivity contribution in [2.24, 2.45) is 0 Å². The van der Waals surface area contributed by atoms with Crippen LogP contribution in [0.25, 0.3) is 33.4 Å². The molecule has 216 valence electrons. The SMILES string of the molecule is N#CC(C#N)=C1C(c2cc(F)c(C#N)cc2F)=C(C#N)c2c1cc1c(c2F)C(=C(C#N)C#N)C(c2cc(F)c(C#N)cc2F)=C1C#N. The van der Waals surface area contributed by atoms with Gasteiger partial charge in [0.2, 0.25) is 0 Å². The summed E-state index contributed by atoms with van der Waals surface area (Å²) in [6.45, 7) is 0. The van der Waals surface area contributed by atoms with Crippen LogP contribution in [0.2, 0.25) is 0 Å². The highest BCUT2D eigenvalue weighted by Crippen LogP contribution is 2.56. The fraction of sp³-hybridized carbons (Fsp3) is 0. The normalized spacial score (nSPS) is 12.4. The summed E-state index contributed by atoms with van der Waals surface area (Å²) in [4.78, 5) is 0. The summed E-state index contributed by atoms with van der Waals surface area (Å²) in [6, 6.07) is 15.3. The third kappa shape index (κ3) is 4.27.